The summed E-state index contributed by atoms with van der Waals surface area (Å²) in [4.78, 5) is 2.32. The standard InChI is InChI=1S/C48H38N2/c1-3-13-35(4-2)37-20-27-42(28-21-37)49(43-29-22-38(23-30-43)36-14-7-5-8-15-36)44-31-24-39(25-32-44)40-26-33-48-46(34-40)45-18-11-12-19-47(45)50(48)41-16-9-6-10-17-41/h3-9,11-16,18-34H,1-2,10,17H2/b35-13+. The molecule has 0 radical (unpaired) electrons. The third-order valence-electron chi connectivity index (χ3n) is 9.62. The third kappa shape index (κ3) is 5.82. The van der Waals surface area contributed by atoms with E-state index < -0.39 is 0 Å². The van der Waals surface area contributed by atoms with E-state index in [4.69, 9.17) is 0 Å². The number of hydrogen-bond acceptors (Lipinski definition) is 1. The Kier molecular flexibility index (Phi) is 8.42. The second-order valence-electron chi connectivity index (χ2n) is 12.6. The van der Waals surface area contributed by atoms with Gasteiger partial charge in [-0.2, -0.15) is 0 Å². The number of allylic oxidation sites excluding steroid dienone is 8. The molecule has 0 spiro atoms. The van der Waals surface area contributed by atoms with Gasteiger partial charge in [0.15, 0.2) is 0 Å². The molecular formula is C48H38N2. The SMILES string of the molecule is C=C/C=C(\C=C)c1ccc(N(c2ccc(-c3ccccc3)cc2)c2ccc(-c3ccc4c(c3)c3ccccc3n4C3=CC=CCC3)cc2)cc1. The second kappa shape index (κ2) is 13.6. The lowest BCUT2D eigenvalue weighted by Crippen LogP contribution is -2.09. The first-order chi connectivity index (χ1) is 24.7. The van der Waals surface area contributed by atoms with E-state index in [1.807, 2.05) is 12.2 Å². The van der Waals surface area contributed by atoms with Crippen molar-refractivity contribution >= 4 is 50.1 Å². The third-order valence-corrected chi connectivity index (χ3v) is 9.62. The normalized spacial score (nSPS) is 13.0. The molecule has 2 nitrogen and oxygen atoms in total. The van der Waals surface area contributed by atoms with Crippen molar-refractivity contribution < 1.29 is 0 Å². The molecule has 1 aromatic heterocycles. The molecule has 0 bridgehead atoms. The molecule has 6 aromatic carbocycles. The van der Waals surface area contributed by atoms with Crippen LogP contribution in [0.15, 0.2) is 195 Å². The summed E-state index contributed by atoms with van der Waals surface area (Å²) in [6.07, 6.45) is 14.5. The number of anilines is 3. The van der Waals surface area contributed by atoms with Crippen LogP contribution < -0.4 is 4.90 Å². The van der Waals surface area contributed by atoms with Gasteiger partial charge in [0, 0.05) is 33.5 Å². The van der Waals surface area contributed by atoms with Gasteiger partial charge in [-0.05, 0) is 107 Å². The Balaban J connectivity index is 1.18. The van der Waals surface area contributed by atoms with Crippen LogP contribution >= 0.6 is 0 Å². The fourth-order valence-electron chi connectivity index (χ4n) is 7.13. The van der Waals surface area contributed by atoms with E-state index in [0.717, 1.165) is 41.0 Å². The largest absolute Gasteiger partial charge is 0.313 e. The number of benzene rings is 6. The van der Waals surface area contributed by atoms with E-state index in [1.54, 1.807) is 6.08 Å². The van der Waals surface area contributed by atoms with Crippen molar-refractivity contribution in [3.8, 4) is 22.3 Å². The minimum absolute atomic E-state index is 1.04. The molecule has 0 aliphatic heterocycles. The maximum atomic E-state index is 4.00. The predicted octanol–water partition coefficient (Wildman–Crippen LogP) is 13.5. The van der Waals surface area contributed by atoms with Gasteiger partial charge >= 0.3 is 0 Å². The number of nitrogens with zero attached hydrogens (tertiary/aromatic N) is 2. The fraction of sp³-hybridized carbons (Fsp3) is 0.0417. The molecule has 0 amide bonds. The number of aromatic nitrogens is 1. The summed E-state index contributed by atoms with van der Waals surface area (Å²) >= 11 is 0. The molecule has 1 aliphatic carbocycles. The molecule has 0 atom stereocenters. The van der Waals surface area contributed by atoms with Crippen LogP contribution in [0.4, 0.5) is 17.1 Å². The Labute approximate surface area is 294 Å². The van der Waals surface area contributed by atoms with Crippen molar-refractivity contribution in [2.45, 2.75) is 12.8 Å². The summed E-state index contributed by atoms with van der Waals surface area (Å²) < 4.78 is 2.44. The molecule has 1 aliphatic rings. The highest BCUT2D eigenvalue weighted by molar-refractivity contribution is 6.11. The predicted molar refractivity (Wildman–Crippen MR) is 216 cm³/mol. The van der Waals surface area contributed by atoms with E-state index in [-0.39, 0.29) is 0 Å². The van der Waals surface area contributed by atoms with Gasteiger partial charge in [-0.3, -0.25) is 0 Å². The molecular weight excluding hydrogens is 605 g/mol. The highest BCUT2D eigenvalue weighted by Crippen LogP contribution is 2.39. The summed E-state index contributed by atoms with van der Waals surface area (Å²) in [5.74, 6) is 0. The second-order valence-corrected chi connectivity index (χ2v) is 12.6. The van der Waals surface area contributed by atoms with Crippen molar-refractivity contribution in [1.82, 2.24) is 4.57 Å². The van der Waals surface area contributed by atoms with Gasteiger partial charge < -0.3 is 9.47 Å². The van der Waals surface area contributed by atoms with Gasteiger partial charge in [-0.1, -0.05) is 135 Å². The maximum absolute atomic E-state index is 4.00. The first-order valence-corrected chi connectivity index (χ1v) is 17.2. The first-order valence-electron chi connectivity index (χ1n) is 17.2. The number of fused-ring (bicyclic) bond motifs is 3. The molecule has 0 saturated carbocycles. The Morgan fingerprint density at radius 3 is 1.80 bits per heavy atom. The molecule has 0 saturated heterocycles. The van der Waals surface area contributed by atoms with E-state index in [0.29, 0.717) is 0 Å². The van der Waals surface area contributed by atoms with Gasteiger partial charge in [-0.25, -0.2) is 0 Å². The van der Waals surface area contributed by atoms with Crippen molar-refractivity contribution in [2.24, 2.45) is 0 Å². The highest BCUT2D eigenvalue weighted by atomic mass is 15.1. The molecule has 240 valence electrons. The molecule has 0 N–H and O–H groups in total. The van der Waals surface area contributed by atoms with Gasteiger partial charge in [0.1, 0.15) is 0 Å². The average Bonchev–Trinajstić information content (AvgIpc) is 3.52. The molecule has 2 heteroatoms. The zero-order valence-corrected chi connectivity index (χ0v) is 28.0. The molecule has 50 heavy (non-hydrogen) atoms. The van der Waals surface area contributed by atoms with Crippen LogP contribution in [0.5, 0.6) is 0 Å². The van der Waals surface area contributed by atoms with E-state index in [9.17, 15) is 0 Å². The lowest BCUT2D eigenvalue weighted by atomic mass is 10.0. The molecule has 0 fully saturated rings. The molecule has 8 rings (SSSR count). The van der Waals surface area contributed by atoms with Crippen molar-refractivity contribution in [2.75, 3.05) is 4.90 Å². The van der Waals surface area contributed by atoms with E-state index >= 15 is 0 Å². The fourth-order valence-corrected chi connectivity index (χ4v) is 7.13. The summed E-state index contributed by atoms with van der Waals surface area (Å²) in [6.45, 7) is 7.86. The van der Waals surface area contributed by atoms with Crippen LogP contribution in [0.1, 0.15) is 18.4 Å². The van der Waals surface area contributed by atoms with Crippen LogP contribution in [0.25, 0.3) is 55.3 Å². The van der Waals surface area contributed by atoms with Gasteiger partial charge in [0.25, 0.3) is 0 Å². The number of hydrogen-bond donors (Lipinski definition) is 0. The quantitative estimate of drug-likeness (QED) is 0.142. The van der Waals surface area contributed by atoms with E-state index in [1.165, 1.54) is 49.8 Å². The number of para-hydroxylation sites is 1. The van der Waals surface area contributed by atoms with Crippen LogP contribution in [0.2, 0.25) is 0 Å². The molecule has 7 aromatic rings. The zero-order valence-electron chi connectivity index (χ0n) is 28.0. The number of rotatable bonds is 9. The summed E-state index contributed by atoms with van der Waals surface area (Å²) in [7, 11) is 0. The van der Waals surface area contributed by atoms with E-state index in [2.05, 4.69) is 186 Å². The van der Waals surface area contributed by atoms with Gasteiger partial charge in [0.2, 0.25) is 0 Å². The van der Waals surface area contributed by atoms with Crippen LogP contribution in [0.3, 0.4) is 0 Å². The lowest BCUT2D eigenvalue weighted by molar-refractivity contribution is 0.979. The summed E-state index contributed by atoms with van der Waals surface area (Å²) in [5.41, 5.74) is 14.1. The van der Waals surface area contributed by atoms with Crippen molar-refractivity contribution in [3.63, 3.8) is 0 Å². The summed E-state index contributed by atoms with van der Waals surface area (Å²) in [5, 5.41) is 2.56. The van der Waals surface area contributed by atoms with Crippen molar-refractivity contribution in [1.29, 1.82) is 0 Å². The Morgan fingerprint density at radius 2 is 1.16 bits per heavy atom. The van der Waals surface area contributed by atoms with Gasteiger partial charge in [0.05, 0.1) is 11.0 Å². The Morgan fingerprint density at radius 1 is 0.580 bits per heavy atom. The van der Waals surface area contributed by atoms with Gasteiger partial charge in [-0.15, -0.1) is 0 Å². The molecule has 0 unspecified atom stereocenters. The highest BCUT2D eigenvalue weighted by Gasteiger charge is 2.17. The van der Waals surface area contributed by atoms with Crippen LogP contribution in [-0.4, -0.2) is 4.57 Å². The maximum Gasteiger partial charge on any atom is 0.0538 e. The average molecular weight is 643 g/mol. The summed E-state index contributed by atoms with van der Waals surface area (Å²) in [6, 6.07) is 52.6. The lowest BCUT2D eigenvalue weighted by Gasteiger charge is -2.26. The minimum Gasteiger partial charge on any atom is -0.313 e. The zero-order chi connectivity index (χ0) is 33.9. The van der Waals surface area contributed by atoms with Crippen LogP contribution in [-0.2, 0) is 0 Å². The minimum atomic E-state index is 1.04. The Bertz CT molecular complexity index is 2420. The first kappa shape index (κ1) is 30.9. The van der Waals surface area contributed by atoms with Crippen molar-refractivity contribution in [3.05, 3.63) is 201 Å². The smallest absolute Gasteiger partial charge is 0.0538 e. The molecule has 1 heterocycles. The van der Waals surface area contributed by atoms with Crippen LogP contribution in [0, 0.1) is 0 Å². The topological polar surface area (TPSA) is 8.17 Å². The monoisotopic (exact) mass is 642 g/mol. The Hall–Kier alpha value is -6.38.